The van der Waals surface area contributed by atoms with Crippen molar-refractivity contribution in [3.8, 4) is 11.3 Å². The Kier molecular flexibility index (Phi) is 4.24. The average molecular weight is 356 g/mol. The molecular weight excluding hydrogens is 339 g/mol. The Labute approximate surface area is 147 Å². The standard InChI is InChI=1S/C18H17FN4O3/c19-12-5-3-4-11(8-12)16-15-17(26-22-16)20-10-23(18(15)25)9-14(24)21-13-6-1-2-7-13/h3-5,8,10,13H,1-2,6-7,9H2,(H,21,24). The van der Waals surface area contributed by atoms with Crippen LogP contribution in [0.25, 0.3) is 22.4 Å². The van der Waals surface area contributed by atoms with Crippen LogP contribution in [-0.2, 0) is 11.3 Å². The van der Waals surface area contributed by atoms with E-state index in [9.17, 15) is 14.0 Å². The second-order valence-electron chi connectivity index (χ2n) is 6.45. The number of nitrogens with one attached hydrogen (secondary N) is 1. The quantitative estimate of drug-likeness (QED) is 0.774. The highest BCUT2D eigenvalue weighted by atomic mass is 19.1. The van der Waals surface area contributed by atoms with Gasteiger partial charge < -0.3 is 9.84 Å². The SMILES string of the molecule is O=C(Cn1cnc2onc(-c3cccc(F)c3)c2c1=O)NC1CCCC1. The van der Waals surface area contributed by atoms with Gasteiger partial charge in [-0.15, -0.1) is 0 Å². The van der Waals surface area contributed by atoms with Crippen molar-refractivity contribution in [3.05, 3.63) is 46.8 Å². The van der Waals surface area contributed by atoms with Crippen molar-refractivity contribution in [2.24, 2.45) is 0 Å². The molecule has 1 amide bonds. The van der Waals surface area contributed by atoms with Gasteiger partial charge in [0.1, 0.15) is 29.8 Å². The van der Waals surface area contributed by atoms with Crippen molar-refractivity contribution in [3.63, 3.8) is 0 Å². The molecule has 1 saturated carbocycles. The lowest BCUT2D eigenvalue weighted by Crippen LogP contribution is -2.37. The van der Waals surface area contributed by atoms with Crippen LogP contribution in [0.5, 0.6) is 0 Å². The highest BCUT2D eigenvalue weighted by molar-refractivity contribution is 5.88. The zero-order chi connectivity index (χ0) is 18.1. The topological polar surface area (TPSA) is 90.0 Å². The fraction of sp³-hybridized carbons (Fsp3) is 0.333. The minimum absolute atomic E-state index is 0.0571. The van der Waals surface area contributed by atoms with E-state index in [4.69, 9.17) is 4.52 Å². The Balaban J connectivity index is 1.67. The van der Waals surface area contributed by atoms with Gasteiger partial charge in [0.25, 0.3) is 11.3 Å². The fourth-order valence-electron chi connectivity index (χ4n) is 3.32. The van der Waals surface area contributed by atoms with Crippen LogP contribution in [-0.4, -0.2) is 26.7 Å². The number of rotatable bonds is 4. The minimum Gasteiger partial charge on any atom is -0.352 e. The minimum atomic E-state index is -0.447. The summed E-state index contributed by atoms with van der Waals surface area (Å²) >= 11 is 0. The van der Waals surface area contributed by atoms with Crippen molar-refractivity contribution in [2.45, 2.75) is 38.3 Å². The van der Waals surface area contributed by atoms with Crippen molar-refractivity contribution >= 4 is 17.0 Å². The lowest BCUT2D eigenvalue weighted by molar-refractivity contribution is -0.122. The van der Waals surface area contributed by atoms with Crippen LogP contribution in [0.15, 0.2) is 39.9 Å². The maximum Gasteiger partial charge on any atom is 0.267 e. The van der Waals surface area contributed by atoms with E-state index in [0.29, 0.717) is 5.56 Å². The predicted molar refractivity (Wildman–Crippen MR) is 91.9 cm³/mol. The molecule has 26 heavy (non-hydrogen) atoms. The van der Waals surface area contributed by atoms with Gasteiger partial charge in [-0.1, -0.05) is 30.1 Å². The summed E-state index contributed by atoms with van der Waals surface area (Å²) in [6.07, 6.45) is 5.41. The molecule has 4 rings (SSSR count). The Bertz CT molecular complexity index is 1020. The van der Waals surface area contributed by atoms with Gasteiger partial charge >= 0.3 is 0 Å². The average Bonchev–Trinajstić information content (AvgIpc) is 3.27. The van der Waals surface area contributed by atoms with Gasteiger partial charge in [0.15, 0.2) is 0 Å². The van der Waals surface area contributed by atoms with Gasteiger partial charge in [-0.2, -0.15) is 0 Å². The lowest BCUT2D eigenvalue weighted by atomic mass is 10.1. The highest BCUT2D eigenvalue weighted by Crippen LogP contribution is 2.24. The monoisotopic (exact) mass is 356 g/mol. The molecule has 1 N–H and O–H groups in total. The van der Waals surface area contributed by atoms with E-state index in [-0.39, 0.29) is 35.3 Å². The maximum absolute atomic E-state index is 13.5. The first kappa shape index (κ1) is 16.4. The molecule has 1 aromatic carbocycles. The number of carbonyl (C=O) groups is 1. The summed E-state index contributed by atoms with van der Waals surface area (Å²) in [5, 5.41) is 6.92. The Morgan fingerprint density at radius 1 is 1.35 bits per heavy atom. The van der Waals surface area contributed by atoms with Crippen molar-refractivity contribution in [1.29, 1.82) is 0 Å². The zero-order valence-electron chi connectivity index (χ0n) is 13.9. The van der Waals surface area contributed by atoms with Crippen LogP contribution in [0.1, 0.15) is 25.7 Å². The molecule has 2 heterocycles. The number of aromatic nitrogens is 3. The molecule has 0 unspecified atom stereocenters. The summed E-state index contributed by atoms with van der Waals surface area (Å²) in [5.41, 5.74) is 0.233. The Morgan fingerprint density at radius 2 is 2.15 bits per heavy atom. The van der Waals surface area contributed by atoms with Crippen LogP contribution in [0.4, 0.5) is 4.39 Å². The van der Waals surface area contributed by atoms with Crippen LogP contribution in [0.3, 0.4) is 0 Å². The van der Waals surface area contributed by atoms with Gasteiger partial charge in [0.2, 0.25) is 5.91 Å². The number of halogens is 1. The number of hydrogen-bond acceptors (Lipinski definition) is 5. The molecule has 0 bridgehead atoms. The van der Waals surface area contributed by atoms with E-state index in [1.807, 2.05) is 0 Å². The molecule has 134 valence electrons. The molecular formula is C18H17FN4O3. The van der Waals surface area contributed by atoms with Gasteiger partial charge in [-0.25, -0.2) is 9.37 Å². The van der Waals surface area contributed by atoms with Gasteiger partial charge in [-0.3, -0.25) is 14.2 Å². The summed E-state index contributed by atoms with van der Waals surface area (Å²) in [6.45, 7) is -0.133. The highest BCUT2D eigenvalue weighted by Gasteiger charge is 2.20. The zero-order valence-corrected chi connectivity index (χ0v) is 13.9. The summed E-state index contributed by atoms with van der Waals surface area (Å²) in [6, 6.07) is 5.89. The van der Waals surface area contributed by atoms with Crippen LogP contribution < -0.4 is 10.9 Å². The van der Waals surface area contributed by atoms with E-state index in [1.54, 1.807) is 6.07 Å². The van der Waals surface area contributed by atoms with Crippen molar-refractivity contribution in [2.75, 3.05) is 0 Å². The maximum atomic E-state index is 13.5. The molecule has 3 aromatic rings. The van der Waals surface area contributed by atoms with Crippen molar-refractivity contribution in [1.82, 2.24) is 20.0 Å². The third-order valence-electron chi connectivity index (χ3n) is 4.60. The molecule has 0 aliphatic heterocycles. The molecule has 8 heteroatoms. The molecule has 7 nitrogen and oxygen atoms in total. The molecule has 1 fully saturated rings. The molecule has 1 aliphatic rings. The summed E-state index contributed by atoms with van der Waals surface area (Å²) in [4.78, 5) is 29.1. The second kappa shape index (κ2) is 6.70. The Morgan fingerprint density at radius 3 is 2.92 bits per heavy atom. The first-order chi connectivity index (χ1) is 12.6. The molecule has 2 aromatic heterocycles. The van der Waals surface area contributed by atoms with E-state index < -0.39 is 11.4 Å². The summed E-state index contributed by atoms with van der Waals surface area (Å²) in [5.74, 6) is -0.678. The Hall–Kier alpha value is -3.03. The van der Waals surface area contributed by atoms with E-state index in [1.165, 1.54) is 29.1 Å². The van der Waals surface area contributed by atoms with Crippen molar-refractivity contribution < 1.29 is 13.7 Å². The first-order valence-electron chi connectivity index (χ1n) is 8.52. The fourth-order valence-corrected chi connectivity index (χ4v) is 3.32. The molecule has 0 spiro atoms. The number of fused-ring (bicyclic) bond motifs is 1. The van der Waals surface area contributed by atoms with Gasteiger partial charge in [0.05, 0.1) is 0 Å². The predicted octanol–water partition coefficient (Wildman–Crippen LogP) is 2.25. The van der Waals surface area contributed by atoms with E-state index in [2.05, 4.69) is 15.5 Å². The third kappa shape index (κ3) is 3.10. The number of hydrogen-bond donors (Lipinski definition) is 1. The normalized spacial score (nSPS) is 14.8. The third-order valence-corrected chi connectivity index (χ3v) is 4.60. The summed E-state index contributed by atoms with van der Waals surface area (Å²) in [7, 11) is 0. The molecule has 0 saturated heterocycles. The van der Waals surface area contributed by atoms with Gasteiger partial charge in [0, 0.05) is 11.6 Å². The first-order valence-corrected chi connectivity index (χ1v) is 8.52. The van der Waals surface area contributed by atoms with E-state index >= 15 is 0 Å². The molecule has 0 atom stereocenters. The smallest absolute Gasteiger partial charge is 0.267 e. The van der Waals surface area contributed by atoms with Crippen LogP contribution in [0, 0.1) is 5.82 Å². The lowest BCUT2D eigenvalue weighted by Gasteiger charge is -2.12. The largest absolute Gasteiger partial charge is 0.352 e. The number of carbonyl (C=O) groups excluding carboxylic acids is 1. The second-order valence-corrected chi connectivity index (χ2v) is 6.45. The van der Waals surface area contributed by atoms with Crippen LogP contribution >= 0.6 is 0 Å². The summed E-state index contributed by atoms with van der Waals surface area (Å²) < 4.78 is 19.8. The van der Waals surface area contributed by atoms with E-state index in [0.717, 1.165) is 25.7 Å². The molecule has 0 radical (unpaired) electrons. The number of nitrogens with zero attached hydrogens (tertiary/aromatic N) is 3. The van der Waals surface area contributed by atoms with Crippen LogP contribution in [0.2, 0.25) is 0 Å². The van der Waals surface area contributed by atoms with Gasteiger partial charge in [-0.05, 0) is 25.0 Å². The number of amides is 1. The number of benzene rings is 1. The molecule has 1 aliphatic carbocycles.